The van der Waals surface area contributed by atoms with Crippen molar-refractivity contribution in [2.24, 2.45) is 0 Å². The molecule has 0 heterocycles. The summed E-state index contributed by atoms with van der Waals surface area (Å²) >= 11 is 0. The molecular formula is C12H21NO. The Labute approximate surface area is 87.0 Å². The van der Waals surface area contributed by atoms with E-state index < -0.39 is 0 Å². The Morgan fingerprint density at radius 1 is 1.36 bits per heavy atom. The van der Waals surface area contributed by atoms with Crippen LogP contribution in [-0.4, -0.2) is 24.3 Å². The predicted octanol–water partition coefficient (Wildman–Crippen LogP) is 2.04. The highest BCUT2D eigenvalue weighted by Crippen LogP contribution is 1.97. The third kappa shape index (κ3) is 6.63. The van der Waals surface area contributed by atoms with Crippen molar-refractivity contribution in [1.29, 1.82) is 0 Å². The van der Waals surface area contributed by atoms with E-state index in [2.05, 4.69) is 17.5 Å². The van der Waals surface area contributed by atoms with E-state index in [4.69, 9.17) is 5.11 Å². The molecule has 1 unspecified atom stereocenters. The molecular weight excluding hydrogens is 174 g/mol. The smallest absolute Gasteiger partial charge is 0.0582 e. The van der Waals surface area contributed by atoms with Crippen molar-refractivity contribution >= 4 is 0 Å². The molecule has 0 bridgehead atoms. The van der Waals surface area contributed by atoms with Crippen LogP contribution in [0.5, 0.6) is 0 Å². The molecule has 0 aromatic heterocycles. The second-order valence-electron chi connectivity index (χ2n) is 3.23. The molecule has 0 saturated heterocycles. The third-order valence-electron chi connectivity index (χ3n) is 1.81. The topological polar surface area (TPSA) is 32.3 Å². The number of nitrogens with one attached hydrogen (secondary N) is 1. The molecule has 2 N–H and O–H groups in total. The first-order valence-electron chi connectivity index (χ1n) is 5.03. The lowest BCUT2D eigenvalue weighted by Gasteiger charge is -2.10. The maximum absolute atomic E-state index is 8.84. The van der Waals surface area contributed by atoms with Crippen LogP contribution in [0.25, 0.3) is 0 Å². The minimum atomic E-state index is 0.147. The largest absolute Gasteiger partial charge is 0.395 e. The van der Waals surface area contributed by atoms with Crippen molar-refractivity contribution < 1.29 is 5.11 Å². The van der Waals surface area contributed by atoms with E-state index in [1.165, 1.54) is 5.57 Å². The van der Waals surface area contributed by atoms with E-state index in [0.29, 0.717) is 0 Å². The molecule has 80 valence electrons. The second kappa shape index (κ2) is 8.73. The maximum Gasteiger partial charge on any atom is 0.0582 e. The quantitative estimate of drug-likeness (QED) is 0.636. The van der Waals surface area contributed by atoms with Crippen molar-refractivity contribution in [2.75, 3.05) is 13.2 Å². The van der Waals surface area contributed by atoms with Gasteiger partial charge in [-0.25, -0.2) is 0 Å². The van der Waals surface area contributed by atoms with Crippen LogP contribution in [0.15, 0.2) is 36.0 Å². The van der Waals surface area contributed by atoms with Crippen LogP contribution >= 0.6 is 0 Å². The number of aliphatic hydroxyl groups excluding tert-OH is 1. The van der Waals surface area contributed by atoms with Crippen LogP contribution in [0.3, 0.4) is 0 Å². The monoisotopic (exact) mass is 195 g/mol. The molecule has 0 amide bonds. The second-order valence-corrected chi connectivity index (χ2v) is 3.23. The van der Waals surface area contributed by atoms with E-state index in [1.54, 1.807) is 0 Å². The Kier molecular flexibility index (Phi) is 8.19. The van der Waals surface area contributed by atoms with E-state index >= 15 is 0 Å². The average molecular weight is 195 g/mol. The Balaban J connectivity index is 4.10. The fourth-order valence-corrected chi connectivity index (χ4v) is 0.964. The summed E-state index contributed by atoms with van der Waals surface area (Å²) in [6, 6.07) is 0.147. The minimum Gasteiger partial charge on any atom is -0.395 e. The summed E-state index contributed by atoms with van der Waals surface area (Å²) in [6.07, 6.45) is 10.2. The maximum atomic E-state index is 8.84. The lowest BCUT2D eigenvalue weighted by atomic mass is 10.2. The summed E-state index contributed by atoms with van der Waals surface area (Å²) in [4.78, 5) is 0. The van der Waals surface area contributed by atoms with Gasteiger partial charge in [0.1, 0.15) is 0 Å². The van der Waals surface area contributed by atoms with Gasteiger partial charge in [-0.3, -0.25) is 0 Å². The molecule has 14 heavy (non-hydrogen) atoms. The molecule has 0 rings (SSSR count). The number of allylic oxidation sites excluding steroid dienone is 4. The Bertz CT molecular complexity index is 216. The summed E-state index contributed by atoms with van der Waals surface area (Å²) in [7, 11) is 0. The van der Waals surface area contributed by atoms with E-state index in [1.807, 2.05) is 39.0 Å². The molecule has 2 heteroatoms. The molecule has 0 saturated carbocycles. The lowest BCUT2D eigenvalue weighted by molar-refractivity contribution is 0.254. The van der Waals surface area contributed by atoms with Gasteiger partial charge in [-0.2, -0.15) is 0 Å². The Morgan fingerprint density at radius 2 is 2.07 bits per heavy atom. The fraction of sp³-hybridized carbons (Fsp3) is 0.500. The van der Waals surface area contributed by atoms with Crippen LogP contribution in [0.2, 0.25) is 0 Å². The van der Waals surface area contributed by atoms with Crippen molar-refractivity contribution in [1.82, 2.24) is 5.32 Å². The molecule has 1 atom stereocenters. The zero-order valence-electron chi connectivity index (χ0n) is 9.33. The molecule has 0 aliphatic heterocycles. The Morgan fingerprint density at radius 3 is 2.57 bits per heavy atom. The van der Waals surface area contributed by atoms with Crippen LogP contribution in [-0.2, 0) is 0 Å². The molecule has 0 aliphatic carbocycles. The van der Waals surface area contributed by atoms with Crippen LogP contribution in [0.1, 0.15) is 20.8 Å². The molecule has 0 aromatic carbocycles. The van der Waals surface area contributed by atoms with E-state index in [9.17, 15) is 0 Å². The lowest BCUT2D eigenvalue weighted by Crippen LogP contribution is -2.30. The highest BCUT2D eigenvalue weighted by atomic mass is 16.3. The minimum absolute atomic E-state index is 0.147. The molecule has 2 nitrogen and oxygen atoms in total. The summed E-state index contributed by atoms with van der Waals surface area (Å²) in [5.74, 6) is 0. The van der Waals surface area contributed by atoms with Gasteiger partial charge in [0.15, 0.2) is 0 Å². The van der Waals surface area contributed by atoms with Gasteiger partial charge in [-0.15, -0.1) is 0 Å². The van der Waals surface area contributed by atoms with Crippen molar-refractivity contribution in [3.63, 3.8) is 0 Å². The zero-order valence-corrected chi connectivity index (χ0v) is 9.33. The fourth-order valence-electron chi connectivity index (χ4n) is 0.964. The summed E-state index contributed by atoms with van der Waals surface area (Å²) in [5, 5.41) is 12.1. The van der Waals surface area contributed by atoms with Crippen molar-refractivity contribution in [3.8, 4) is 0 Å². The third-order valence-corrected chi connectivity index (χ3v) is 1.81. The van der Waals surface area contributed by atoms with Crippen molar-refractivity contribution in [2.45, 2.75) is 26.8 Å². The van der Waals surface area contributed by atoms with Gasteiger partial charge in [0, 0.05) is 12.6 Å². The van der Waals surface area contributed by atoms with Gasteiger partial charge in [0.25, 0.3) is 0 Å². The molecule has 0 aliphatic rings. The summed E-state index contributed by atoms with van der Waals surface area (Å²) < 4.78 is 0. The predicted molar refractivity (Wildman–Crippen MR) is 62.3 cm³/mol. The van der Waals surface area contributed by atoms with Gasteiger partial charge in [0.05, 0.1) is 6.61 Å². The SMILES string of the molecule is C\C=C/C=C(\C=C/C)CNC(C)CO. The summed E-state index contributed by atoms with van der Waals surface area (Å²) in [6.45, 7) is 6.92. The zero-order chi connectivity index (χ0) is 10.8. The first-order valence-corrected chi connectivity index (χ1v) is 5.03. The molecule has 0 spiro atoms. The van der Waals surface area contributed by atoms with Gasteiger partial charge < -0.3 is 10.4 Å². The highest BCUT2D eigenvalue weighted by molar-refractivity contribution is 5.24. The summed E-state index contributed by atoms with van der Waals surface area (Å²) in [5.41, 5.74) is 1.21. The van der Waals surface area contributed by atoms with Crippen LogP contribution < -0.4 is 5.32 Å². The standard InChI is InChI=1S/C12H21NO/c1-4-6-8-12(7-5-2)9-13-11(3)10-14/h4-8,11,13-14H,9-10H2,1-3H3/b6-4-,7-5-,12-8+. The average Bonchev–Trinajstić information content (AvgIpc) is 2.21. The van der Waals surface area contributed by atoms with E-state index in [-0.39, 0.29) is 12.6 Å². The van der Waals surface area contributed by atoms with Gasteiger partial charge in [0.2, 0.25) is 0 Å². The number of hydrogen-bond acceptors (Lipinski definition) is 2. The first-order chi connectivity index (χ1) is 6.74. The number of hydrogen-bond donors (Lipinski definition) is 2. The molecule has 0 fully saturated rings. The molecule has 0 radical (unpaired) electrons. The normalized spacial score (nSPS) is 15.6. The van der Waals surface area contributed by atoms with Crippen LogP contribution in [0.4, 0.5) is 0 Å². The first kappa shape index (κ1) is 13.1. The molecule has 0 aromatic rings. The van der Waals surface area contributed by atoms with E-state index in [0.717, 1.165) is 6.54 Å². The Hall–Kier alpha value is -0.860. The number of rotatable bonds is 6. The number of aliphatic hydroxyl groups is 1. The van der Waals surface area contributed by atoms with Gasteiger partial charge in [-0.05, 0) is 26.3 Å². The highest BCUT2D eigenvalue weighted by Gasteiger charge is 1.98. The van der Waals surface area contributed by atoms with Gasteiger partial charge in [-0.1, -0.05) is 30.4 Å². The van der Waals surface area contributed by atoms with Gasteiger partial charge >= 0.3 is 0 Å². The van der Waals surface area contributed by atoms with Crippen LogP contribution in [0, 0.1) is 0 Å². The van der Waals surface area contributed by atoms with Crippen molar-refractivity contribution in [3.05, 3.63) is 36.0 Å².